The van der Waals surface area contributed by atoms with E-state index in [2.05, 4.69) is 5.32 Å². The summed E-state index contributed by atoms with van der Waals surface area (Å²) >= 11 is 0. The van der Waals surface area contributed by atoms with E-state index in [1.165, 1.54) is 6.92 Å². The Hall–Kier alpha value is -3.43. The number of hydrogen-bond acceptors (Lipinski definition) is 8. The third-order valence-electron chi connectivity index (χ3n) is 10.8. The van der Waals surface area contributed by atoms with Crippen LogP contribution >= 0.6 is 0 Å². The summed E-state index contributed by atoms with van der Waals surface area (Å²) in [6.45, 7) is 11.6. The first-order valence-electron chi connectivity index (χ1n) is 17.8. The summed E-state index contributed by atoms with van der Waals surface area (Å²) < 4.78 is 18.9. The highest BCUT2D eigenvalue weighted by atomic mass is 16.6. The number of Topliss-reactive ketones (excluding diaryl/α,β-unsaturated/α-hetero) is 1. The van der Waals surface area contributed by atoms with Crippen LogP contribution in [0, 0.1) is 17.3 Å². The van der Waals surface area contributed by atoms with E-state index in [0.717, 1.165) is 74.7 Å². The molecule has 1 N–H and O–H groups in total. The van der Waals surface area contributed by atoms with E-state index in [1.807, 2.05) is 52.8 Å². The van der Waals surface area contributed by atoms with Crippen LogP contribution in [-0.2, 0) is 20.7 Å². The van der Waals surface area contributed by atoms with E-state index >= 15 is 0 Å². The Morgan fingerprint density at radius 2 is 1.83 bits per heavy atom. The molecule has 0 radical (unpaired) electrons. The first-order valence-corrected chi connectivity index (χ1v) is 17.8. The van der Waals surface area contributed by atoms with Gasteiger partial charge in [0, 0.05) is 12.0 Å². The second kappa shape index (κ2) is 13.2. The van der Waals surface area contributed by atoms with Crippen molar-refractivity contribution in [1.82, 2.24) is 20.2 Å². The number of benzene rings is 1. The van der Waals surface area contributed by atoms with Crippen LogP contribution in [-0.4, -0.2) is 69.1 Å². The van der Waals surface area contributed by atoms with Crippen LogP contribution in [0.15, 0.2) is 18.2 Å². The highest BCUT2D eigenvalue weighted by Gasteiger charge is 2.51. The van der Waals surface area contributed by atoms with Crippen molar-refractivity contribution in [3.63, 3.8) is 0 Å². The normalized spacial score (nSPS) is 30.8. The predicted molar refractivity (Wildman–Crippen MR) is 178 cm³/mol. The van der Waals surface area contributed by atoms with Crippen LogP contribution < -0.4 is 14.8 Å². The number of ketones is 1. The molecular formula is C37H52N4O6. The number of alkyl carbamates (subject to hydrolysis) is 1. The van der Waals surface area contributed by atoms with Gasteiger partial charge in [-0.25, -0.2) is 14.8 Å². The average molecular weight is 649 g/mol. The van der Waals surface area contributed by atoms with Gasteiger partial charge in [0.1, 0.15) is 29.2 Å². The number of ether oxygens (including phenoxy) is 3. The summed E-state index contributed by atoms with van der Waals surface area (Å²) in [7, 11) is 0. The van der Waals surface area contributed by atoms with Crippen LogP contribution in [0.25, 0.3) is 11.0 Å². The van der Waals surface area contributed by atoms with E-state index in [1.54, 1.807) is 4.90 Å². The molecule has 256 valence electrons. The number of fused-ring (bicyclic) bond motifs is 5. The Morgan fingerprint density at radius 1 is 1.06 bits per heavy atom. The minimum Gasteiger partial charge on any atom is -0.490 e. The molecule has 47 heavy (non-hydrogen) atoms. The Kier molecular flexibility index (Phi) is 9.42. The lowest BCUT2D eigenvalue weighted by Gasteiger charge is -2.37. The number of carbonyl (C=O) groups is 3. The van der Waals surface area contributed by atoms with Crippen LogP contribution in [0.2, 0.25) is 0 Å². The number of amides is 2. The maximum absolute atomic E-state index is 14.4. The molecule has 2 aliphatic heterocycles. The maximum atomic E-state index is 14.4. The molecule has 1 aromatic carbocycles. The van der Waals surface area contributed by atoms with Gasteiger partial charge in [-0.1, -0.05) is 40.5 Å². The summed E-state index contributed by atoms with van der Waals surface area (Å²) in [4.78, 5) is 52.8. The molecule has 3 fully saturated rings. The summed E-state index contributed by atoms with van der Waals surface area (Å²) in [5.74, 6) is 0.826. The van der Waals surface area contributed by atoms with E-state index < -0.39 is 35.3 Å². The first-order chi connectivity index (χ1) is 22.4. The van der Waals surface area contributed by atoms with Gasteiger partial charge in [-0.05, 0) is 95.1 Å². The number of aryl methyl sites for hydroxylation is 1. The zero-order valence-electron chi connectivity index (χ0n) is 29.0. The third kappa shape index (κ3) is 7.21. The lowest BCUT2D eigenvalue weighted by atomic mass is 9.85. The molecule has 2 bridgehead atoms. The molecule has 6 atom stereocenters. The van der Waals surface area contributed by atoms with Crippen molar-refractivity contribution in [2.24, 2.45) is 17.3 Å². The van der Waals surface area contributed by atoms with Gasteiger partial charge in [0.05, 0.1) is 29.7 Å². The summed E-state index contributed by atoms with van der Waals surface area (Å²) in [5, 5.41) is 2.94. The average Bonchev–Trinajstić information content (AvgIpc) is 3.63. The van der Waals surface area contributed by atoms with E-state index in [-0.39, 0.29) is 36.2 Å². The van der Waals surface area contributed by atoms with Crippen LogP contribution in [0.3, 0.4) is 0 Å². The van der Waals surface area contributed by atoms with Crippen molar-refractivity contribution in [2.75, 3.05) is 6.54 Å². The topological polar surface area (TPSA) is 120 Å². The standard InChI is InChI=1S/C37H52N4O6/c1-7-26-30-21-41(31(26)22(2)42)34(43)32(36(3,4)5)40-35(44)47-37(6)19-11-13-23(37)12-9-8-10-14-28-33(46-30)39-29-20-25(45-24-15-16-24)17-18-27(29)38-28/h17-18,20,23-24,26,30-32H,7-16,19,21H2,1-6H3,(H,40,44)/t23-,26-,30+,31-,32-,37-/m1/s1. The van der Waals surface area contributed by atoms with Crippen LogP contribution in [0.1, 0.15) is 111 Å². The van der Waals surface area contributed by atoms with E-state index in [9.17, 15) is 14.4 Å². The van der Waals surface area contributed by atoms with Gasteiger partial charge in [-0.2, -0.15) is 0 Å². The van der Waals surface area contributed by atoms with Gasteiger partial charge in [0.25, 0.3) is 0 Å². The van der Waals surface area contributed by atoms with Gasteiger partial charge >= 0.3 is 6.09 Å². The van der Waals surface area contributed by atoms with Gasteiger partial charge < -0.3 is 24.4 Å². The van der Waals surface area contributed by atoms with Gasteiger partial charge in [0.15, 0.2) is 5.78 Å². The number of carbonyl (C=O) groups excluding carboxylic acids is 3. The second-order valence-electron chi connectivity index (χ2n) is 15.6. The number of nitrogens with zero attached hydrogens (tertiary/aromatic N) is 3. The molecule has 3 heterocycles. The molecule has 10 nitrogen and oxygen atoms in total. The molecule has 1 aromatic heterocycles. The van der Waals surface area contributed by atoms with Crippen molar-refractivity contribution in [3.8, 4) is 11.6 Å². The molecule has 1 saturated heterocycles. The third-order valence-corrected chi connectivity index (χ3v) is 10.8. The number of rotatable bonds is 4. The Labute approximate surface area is 278 Å². The zero-order valence-corrected chi connectivity index (χ0v) is 29.0. The molecule has 0 spiro atoms. The van der Waals surface area contributed by atoms with Crippen molar-refractivity contribution < 1.29 is 28.6 Å². The second-order valence-corrected chi connectivity index (χ2v) is 15.6. The van der Waals surface area contributed by atoms with Crippen LogP contribution in [0.4, 0.5) is 4.79 Å². The fourth-order valence-electron chi connectivity index (χ4n) is 7.97. The quantitative estimate of drug-likeness (QED) is 0.396. The highest BCUT2D eigenvalue weighted by molar-refractivity contribution is 5.92. The molecule has 10 heteroatoms. The first kappa shape index (κ1) is 33.5. The minimum absolute atomic E-state index is 0.106. The predicted octanol–water partition coefficient (Wildman–Crippen LogP) is 6.56. The Bertz CT molecular complexity index is 1500. The minimum atomic E-state index is -0.892. The Morgan fingerprint density at radius 3 is 2.53 bits per heavy atom. The number of hydrogen-bond donors (Lipinski definition) is 1. The molecule has 2 aromatic rings. The van der Waals surface area contributed by atoms with Crippen molar-refractivity contribution in [1.29, 1.82) is 0 Å². The molecule has 2 saturated carbocycles. The van der Waals surface area contributed by atoms with Gasteiger partial charge in [-0.3, -0.25) is 9.59 Å². The molecule has 2 aliphatic carbocycles. The molecule has 2 amide bonds. The smallest absolute Gasteiger partial charge is 0.408 e. The monoisotopic (exact) mass is 648 g/mol. The van der Waals surface area contributed by atoms with Crippen molar-refractivity contribution in [2.45, 2.75) is 142 Å². The molecule has 4 aliphatic rings. The number of nitrogens with one attached hydrogen (secondary N) is 1. The molecular weight excluding hydrogens is 596 g/mol. The van der Waals surface area contributed by atoms with E-state index in [4.69, 9.17) is 24.2 Å². The fourth-order valence-corrected chi connectivity index (χ4v) is 7.97. The fraction of sp³-hybridized carbons (Fsp3) is 0.703. The lowest BCUT2D eigenvalue weighted by molar-refractivity contribution is -0.141. The highest BCUT2D eigenvalue weighted by Crippen LogP contribution is 2.42. The SMILES string of the molecule is CC[C@@H]1[C@@H]2CN(C(=O)[C@H](C(C)(C)C)NC(=O)O[C@]3(C)CCC[C@H]3CCCCCc3nc4ccc(OC5CC5)cc4nc3O2)[C@@H]1C(C)=O. The van der Waals surface area contributed by atoms with Crippen molar-refractivity contribution in [3.05, 3.63) is 23.9 Å². The maximum Gasteiger partial charge on any atom is 0.408 e. The molecule has 6 rings (SSSR count). The van der Waals surface area contributed by atoms with Gasteiger partial charge in [-0.15, -0.1) is 0 Å². The van der Waals surface area contributed by atoms with Crippen LogP contribution in [0.5, 0.6) is 11.6 Å². The number of aromatic nitrogens is 2. The Balaban J connectivity index is 1.38. The largest absolute Gasteiger partial charge is 0.490 e. The summed E-state index contributed by atoms with van der Waals surface area (Å²) in [6, 6.07) is 4.27. The zero-order chi connectivity index (χ0) is 33.5. The summed E-state index contributed by atoms with van der Waals surface area (Å²) in [6.07, 6.45) is 9.41. The van der Waals surface area contributed by atoms with E-state index in [0.29, 0.717) is 24.2 Å². The van der Waals surface area contributed by atoms with Gasteiger partial charge in [0.2, 0.25) is 11.8 Å². The summed E-state index contributed by atoms with van der Waals surface area (Å²) in [5.41, 5.74) is 1.07. The lowest BCUT2D eigenvalue weighted by Crippen LogP contribution is -2.58. The van der Waals surface area contributed by atoms with Crippen molar-refractivity contribution >= 4 is 28.8 Å². The molecule has 0 unspecified atom stereocenters.